The molecule has 26 heavy (non-hydrogen) atoms. The van der Waals surface area contributed by atoms with Crippen LogP contribution < -0.4 is 0 Å². The first-order valence-electron chi connectivity index (χ1n) is 8.59. The second kappa shape index (κ2) is 7.75. The summed E-state index contributed by atoms with van der Waals surface area (Å²) >= 11 is 6.50. The van der Waals surface area contributed by atoms with Gasteiger partial charge in [0.25, 0.3) is 0 Å². The van der Waals surface area contributed by atoms with E-state index in [1.54, 1.807) is 4.68 Å². The van der Waals surface area contributed by atoms with Gasteiger partial charge in [-0.05, 0) is 30.0 Å². The average molecular weight is 369 g/mol. The largest absolute Gasteiger partial charge is 0.481 e. The van der Waals surface area contributed by atoms with Crippen molar-refractivity contribution in [2.24, 2.45) is 5.92 Å². The number of carboxylic acid groups (broad SMARTS) is 1. The number of carboxylic acids is 1. The van der Waals surface area contributed by atoms with Crippen LogP contribution in [0.2, 0.25) is 5.15 Å². The van der Waals surface area contributed by atoms with Crippen LogP contribution in [-0.2, 0) is 17.6 Å². The van der Waals surface area contributed by atoms with Crippen LogP contribution in [0.4, 0.5) is 0 Å². The number of rotatable bonds is 6. The van der Waals surface area contributed by atoms with Gasteiger partial charge < -0.3 is 5.11 Å². The SMILES string of the molecule is CC(C)Cc1ccc(-c2nn(-c3ccccc3)c(Cl)c2CC(=O)O)cc1. The van der Waals surface area contributed by atoms with Crippen molar-refractivity contribution in [1.29, 1.82) is 0 Å². The molecule has 2 aromatic carbocycles. The molecule has 0 saturated carbocycles. The van der Waals surface area contributed by atoms with E-state index < -0.39 is 5.97 Å². The lowest BCUT2D eigenvalue weighted by atomic mass is 9.99. The Morgan fingerprint density at radius 1 is 1.12 bits per heavy atom. The minimum absolute atomic E-state index is 0.172. The summed E-state index contributed by atoms with van der Waals surface area (Å²) < 4.78 is 1.59. The molecule has 0 aliphatic carbocycles. The zero-order valence-electron chi connectivity index (χ0n) is 14.8. The number of nitrogens with zero attached hydrogens (tertiary/aromatic N) is 2. The molecule has 3 aromatic rings. The molecule has 0 atom stereocenters. The monoisotopic (exact) mass is 368 g/mol. The lowest BCUT2D eigenvalue weighted by molar-refractivity contribution is -0.136. The first-order chi connectivity index (χ1) is 12.5. The van der Waals surface area contributed by atoms with Crippen molar-refractivity contribution in [3.05, 3.63) is 70.9 Å². The first kappa shape index (κ1) is 18.2. The van der Waals surface area contributed by atoms with Crippen LogP contribution in [0.25, 0.3) is 16.9 Å². The van der Waals surface area contributed by atoms with E-state index in [1.807, 2.05) is 42.5 Å². The predicted molar refractivity (Wildman–Crippen MR) is 104 cm³/mol. The third-order valence-electron chi connectivity index (χ3n) is 4.12. The summed E-state index contributed by atoms with van der Waals surface area (Å²) in [6.07, 6.45) is 0.830. The Morgan fingerprint density at radius 2 is 1.77 bits per heavy atom. The van der Waals surface area contributed by atoms with Gasteiger partial charge in [0.1, 0.15) is 5.15 Å². The number of halogens is 1. The summed E-state index contributed by atoms with van der Waals surface area (Å²) in [4.78, 5) is 11.3. The maximum Gasteiger partial charge on any atom is 0.308 e. The fraction of sp³-hybridized carbons (Fsp3) is 0.238. The number of hydrogen-bond acceptors (Lipinski definition) is 2. The van der Waals surface area contributed by atoms with Crippen LogP contribution in [0.3, 0.4) is 0 Å². The van der Waals surface area contributed by atoms with Crippen LogP contribution in [0, 0.1) is 5.92 Å². The molecule has 0 aliphatic rings. The lowest BCUT2D eigenvalue weighted by Gasteiger charge is -2.06. The summed E-state index contributed by atoms with van der Waals surface area (Å²) in [7, 11) is 0. The fourth-order valence-corrected chi connectivity index (χ4v) is 3.27. The van der Waals surface area contributed by atoms with Gasteiger partial charge >= 0.3 is 5.97 Å². The maximum atomic E-state index is 11.3. The topological polar surface area (TPSA) is 55.1 Å². The van der Waals surface area contributed by atoms with E-state index in [0.717, 1.165) is 17.7 Å². The first-order valence-corrected chi connectivity index (χ1v) is 8.97. The highest BCUT2D eigenvalue weighted by atomic mass is 35.5. The Labute approximate surface area is 158 Å². The molecule has 0 radical (unpaired) electrons. The highest BCUT2D eigenvalue weighted by Crippen LogP contribution is 2.31. The Bertz CT molecular complexity index is 900. The van der Waals surface area contributed by atoms with E-state index in [0.29, 0.717) is 22.3 Å². The van der Waals surface area contributed by atoms with Crippen molar-refractivity contribution in [3.8, 4) is 16.9 Å². The van der Waals surface area contributed by atoms with E-state index >= 15 is 0 Å². The number of para-hydroxylation sites is 1. The van der Waals surface area contributed by atoms with Crippen molar-refractivity contribution in [3.63, 3.8) is 0 Å². The molecule has 0 aliphatic heterocycles. The summed E-state index contributed by atoms with van der Waals surface area (Å²) in [5, 5.41) is 14.2. The zero-order chi connectivity index (χ0) is 18.7. The Morgan fingerprint density at radius 3 is 2.35 bits per heavy atom. The van der Waals surface area contributed by atoms with Crippen LogP contribution in [0.1, 0.15) is 25.0 Å². The van der Waals surface area contributed by atoms with Gasteiger partial charge in [-0.25, -0.2) is 4.68 Å². The molecular weight excluding hydrogens is 348 g/mol. The summed E-state index contributed by atoms with van der Waals surface area (Å²) in [6, 6.07) is 17.6. The van der Waals surface area contributed by atoms with Gasteiger partial charge in [-0.1, -0.05) is 67.9 Å². The second-order valence-electron chi connectivity index (χ2n) is 6.73. The molecule has 1 N–H and O–H groups in total. The predicted octanol–water partition coefficient (Wildman–Crippen LogP) is 5.02. The molecule has 1 aromatic heterocycles. The van der Waals surface area contributed by atoms with E-state index in [9.17, 15) is 9.90 Å². The van der Waals surface area contributed by atoms with Gasteiger partial charge in [0.2, 0.25) is 0 Å². The smallest absolute Gasteiger partial charge is 0.308 e. The number of benzene rings is 2. The van der Waals surface area contributed by atoms with Crippen molar-refractivity contribution in [2.75, 3.05) is 0 Å². The zero-order valence-corrected chi connectivity index (χ0v) is 15.6. The minimum atomic E-state index is -0.933. The number of aromatic nitrogens is 2. The lowest BCUT2D eigenvalue weighted by Crippen LogP contribution is -2.01. The van der Waals surface area contributed by atoms with E-state index in [-0.39, 0.29) is 6.42 Å². The van der Waals surface area contributed by atoms with Crippen molar-refractivity contribution < 1.29 is 9.90 Å². The third kappa shape index (κ3) is 3.97. The molecule has 0 saturated heterocycles. The summed E-state index contributed by atoms with van der Waals surface area (Å²) in [5.74, 6) is -0.354. The van der Waals surface area contributed by atoms with Gasteiger partial charge in [-0.2, -0.15) is 5.10 Å². The van der Waals surface area contributed by atoms with E-state index in [2.05, 4.69) is 31.1 Å². The average Bonchev–Trinajstić information content (AvgIpc) is 2.92. The molecule has 0 spiro atoms. The van der Waals surface area contributed by atoms with Crippen LogP contribution in [-0.4, -0.2) is 20.9 Å². The summed E-state index contributed by atoms with van der Waals surface area (Å²) in [5.41, 5.74) is 4.05. The van der Waals surface area contributed by atoms with E-state index in [4.69, 9.17) is 11.6 Å². The molecule has 1 heterocycles. The molecule has 0 bridgehead atoms. The quantitative estimate of drug-likeness (QED) is 0.664. The molecule has 5 heteroatoms. The second-order valence-corrected chi connectivity index (χ2v) is 7.09. The highest BCUT2D eigenvalue weighted by molar-refractivity contribution is 6.31. The normalized spacial score (nSPS) is 11.1. The number of hydrogen-bond donors (Lipinski definition) is 1. The van der Waals surface area contributed by atoms with Gasteiger partial charge in [-0.15, -0.1) is 0 Å². The van der Waals surface area contributed by atoms with Gasteiger partial charge in [0, 0.05) is 11.1 Å². The van der Waals surface area contributed by atoms with Crippen molar-refractivity contribution in [1.82, 2.24) is 9.78 Å². The Balaban J connectivity index is 2.06. The van der Waals surface area contributed by atoms with Gasteiger partial charge in [-0.3, -0.25) is 4.79 Å². The molecule has 4 nitrogen and oxygen atoms in total. The molecule has 0 amide bonds. The van der Waals surface area contributed by atoms with Crippen molar-refractivity contribution >= 4 is 17.6 Å². The Hall–Kier alpha value is -2.59. The minimum Gasteiger partial charge on any atom is -0.481 e. The number of aliphatic carboxylic acids is 1. The molecule has 134 valence electrons. The molecule has 3 rings (SSSR count). The van der Waals surface area contributed by atoms with Crippen LogP contribution in [0.5, 0.6) is 0 Å². The standard InChI is InChI=1S/C21H21ClN2O2/c1-14(2)12-15-8-10-16(11-9-15)20-18(13-19(25)26)21(22)24(23-20)17-6-4-3-5-7-17/h3-11,14H,12-13H2,1-2H3,(H,25,26). The van der Waals surface area contributed by atoms with Crippen molar-refractivity contribution in [2.45, 2.75) is 26.7 Å². The third-order valence-corrected chi connectivity index (χ3v) is 4.51. The maximum absolute atomic E-state index is 11.3. The fourth-order valence-electron chi connectivity index (χ4n) is 2.98. The van der Waals surface area contributed by atoms with Crippen LogP contribution in [0.15, 0.2) is 54.6 Å². The van der Waals surface area contributed by atoms with E-state index in [1.165, 1.54) is 5.56 Å². The van der Waals surface area contributed by atoms with Crippen LogP contribution >= 0.6 is 11.6 Å². The molecule has 0 unspecified atom stereocenters. The van der Waals surface area contributed by atoms with Gasteiger partial charge in [0.05, 0.1) is 17.8 Å². The summed E-state index contributed by atoms with van der Waals surface area (Å²) in [6.45, 7) is 4.36. The highest BCUT2D eigenvalue weighted by Gasteiger charge is 2.21. The molecular formula is C21H21ClN2O2. The number of carbonyl (C=O) groups is 1. The Kier molecular flexibility index (Phi) is 5.43. The molecule has 0 fully saturated rings. The van der Waals surface area contributed by atoms with Gasteiger partial charge in [0.15, 0.2) is 0 Å².